The monoisotopic (exact) mass is 289 g/mol. The van der Waals surface area contributed by atoms with Crippen molar-refractivity contribution in [2.45, 2.75) is 19.9 Å². The largest absolute Gasteiger partial charge is 0.454 e. The zero-order valence-electron chi connectivity index (χ0n) is 11.3. The van der Waals surface area contributed by atoms with Crippen LogP contribution in [-0.4, -0.2) is 12.7 Å². The number of nitrogens with one attached hydrogen (secondary N) is 1. The van der Waals surface area contributed by atoms with Gasteiger partial charge in [0.05, 0.1) is 10.9 Å². The van der Waals surface area contributed by atoms with E-state index in [4.69, 9.17) is 9.47 Å². The van der Waals surface area contributed by atoms with Gasteiger partial charge in [-0.15, -0.1) is 11.3 Å². The SMILES string of the molecule is Cc1ccc(C(=O)N[C@H](C)c2ccc3c(c2)OCO3)s1. The predicted molar refractivity (Wildman–Crippen MR) is 77.5 cm³/mol. The molecule has 5 heteroatoms. The van der Waals surface area contributed by atoms with E-state index in [1.165, 1.54) is 11.3 Å². The number of thiophene rings is 1. The fraction of sp³-hybridized carbons (Fsp3) is 0.267. The van der Waals surface area contributed by atoms with Gasteiger partial charge < -0.3 is 14.8 Å². The maximum absolute atomic E-state index is 12.1. The molecule has 4 nitrogen and oxygen atoms in total. The molecule has 0 radical (unpaired) electrons. The third-order valence-electron chi connectivity index (χ3n) is 3.21. The van der Waals surface area contributed by atoms with Gasteiger partial charge in [-0.3, -0.25) is 4.79 Å². The first kappa shape index (κ1) is 13.0. The molecule has 0 saturated carbocycles. The summed E-state index contributed by atoms with van der Waals surface area (Å²) in [4.78, 5) is 14.0. The molecule has 3 rings (SSSR count). The van der Waals surface area contributed by atoms with E-state index in [1.54, 1.807) is 0 Å². The Morgan fingerprint density at radius 2 is 2.05 bits per heavy atom. The Hall–Kier alpha value is -2.01. The Bertz CT molecular complexity index is 650. The molecule has 0 unspecified atom stereocenters. The van der Waals surface area contributed by atoms with E-state index in [-0.39, 0.29) is 18.7 Å². The highest BCUT2D eigenvalue weighted by Gasteiger charge is 2.17. The summed E-state index contributed by atoms with van der Waals surface area (Å²) in [6.45, 7) is 4.20. The molecule has 0 aliphatic carbocycles. The van der Waals surface area contributed by atoms with Crippen LogP contribution >= 0.6 is 11.3 Å². The Balaban J connectivity index is 1.73. The number of amides is 1. The van der Waals surface area contributed by atoms with Crippen LogP contribution in [0.3, 0.4) is 0 Å². The maximum Gasteiger partial charge on any atom is 0.261 e. The van der Waals surface area contributed by atoms with Crippen molar-refractivity contribution in [2.24, 2.45) is 0 Å². The zero-order chi connectivity index (χ0) is 14.1. The molecule has 1 aliphatic rings. The molecule has 2 aromatic rings. The average Bonchev–Trinajstić information content (AvgIpc) is 3.05. The number of ether oxygens (including phenoxy) is 2. The molecule has 0 spiro atoms. The highest BCUT2D eigenvalue weighted by molar-refractivity contribution is 7.13. The highest BCUT2D eigenvalue weighted by atomic mass is 32.1. The number of carbonyl (C=O) groups excluding carboxylic acids is 1. The van der Waals surface area contributed by atoms with E-state index in [2.05, 4.69) is 5.32 Å². The van der Waals surface area contributed by atoms with Crippen LogP contribution in [0.2, 0.25) is 0 Å². The minimum absolute atomic E-state index is 0.0479. The van der Waals surface area contributed by atoms with Crippen LogP contribution in [0.1, 0.15) is 33.1 Å². The molecule has 0 bridgehead atoms. The van der Waals surface area contributed by atoms with E-state index in [1.807, 2.05) is 44.2 Å². The molecule has 1 atom stereocenters. The molecule has 0 saturated heterocycles. The summed E-state index contributed by atoms with van der Waals surface area (Å²) in [6, 6.07) is 9.44. The summed E-state index contributed by atoms with van der Waals surface area (Å²) in [5.74, 6) is 1.44. The van der Waals surface area contributed by atoms with Crippen molar-refractivity contribution in [1.82, 2.24) is 5.32 Å². The van der Waals surface area contributed by atoms with E-state index < -0.39 is 0 Å². The molecule has 1 N–H and O–H groups in total. The van der Waals surface area contributed by atoms with Crippen LogP contribution < -0.4 is 14.8 Å². The second kappa shape index (κ2) is 5.17. The number of hydrogen-bond donors (Lipinski definition) is 1. The fourth-order valence-electron chi connectivity index (χ4n) is 2.09. The minimum Gasteiger partial charge on any atom is -0.454 e. The van der Waals surface area contributed by atoms with Crippen molar-refractivity contribution < 1.29 is 14.3 Å². The van der Waals surface area contributed by atoms with Gasteiger partial charge in [0.1, 0.15) is 0 Å². The fourth-order valence-corrected chi connectivity index (χ4v) is 2.86. The smallest absolute Gasteiger partial charge is 0.261 e. The molecule has 2 heterocycles. The first-order valence-electron chi connectivity index (χ1n) is 6.40. The summed E-state index contributed by atoms with van der Waals surface area (Å²) in [5, 5.41) is 2.99. The van der Waals surface area contributed by atoms with Gasteiger partial charge >= 0.3 is 0 Å². The van der Waals surface area contributed by atoms with Gasteiger partial charge in [-0.1, -0.05) is 6.07 Å². The number of fused-ring (bicyclic) bond motifs is 1. The predicted octanol–water partition coefficient (Wildman–Crippen LogP) is 3.28. The zero-order valence-corrected chi connectivity index (χ0v) is 12.1. The van der Waals surface area contributed by atoms with Crippen molar-refractivity contribution >= 4 is 17.2 Å². The summed E-state index contributed by atoms with van der Waals surface area (Å²) in [7, 11) is 0. The van der Waals surface area contributed by atoms with Gasteiger partial charge in [-0.25, -0.2) is 0 Å². The van der Waals surface area contributed by atoms with Crippen molar-refractivity contribution in [3.05, 3.63) is 45.6 Å². The number of benzene rings is 1. The van der Waals surface area contributed by atoms with Crippen molar-refractivity contribution in [3.8, 4) is 11.5 Å². The van der Waals surface area contributed by atoms with Gasteiger partial charge in [-0.2, -0.15) is 0 Å². The van der Waals surface area contributed by atoms with Crippen molar-refractivity contribution in [3.63, 3.8) is 0 Å². The lowest BCUT2D eigenvalue weighted by Crippen LogP contribution is -2.25. The molecule has 1 aromatic heterocycles. The van der Waals surface area contributed by atoms with Crippen LogP contribution in [0.5, 0.6) is 11.5 Å². The summed E-state index contributed by atoms with van der Waals surface area (Å²) in [5.41, 5.74) is 0.996. The number of hydrogen-bond acceptors (Lipinski definition) is 4. The molecule has 104 valence electrons. The van der Waals surface area contributed by atoms with Crippen molar-refractivity contribution in [1.29, 1.82) is 0 Å². The topological polar surface area (TPSA) is 47.6 Å². The van der Waals surface area contributed by atoms with Crippen LogP contribution in [-0.2, 0) is 0 Å². The van der Waals surface area contributed by atoms with Crippen LogP contribution in [0.15, 0.2) is 30.3 Å². The Morgan fingerprint density at radius 1 is 1.25 bits per heavy atom. The lowest BCUT2D eigenvalue weighted by Gasteiger charge is -2.14. The van der Waals surface area contributed by atoms with Gasteiger partial charge in [-0.05, 0) is 43.7 Å². The van der Waals surface area contributed by atoms with E-state index in [0.717, 1.165) is 26.8 Å². The molecule has 20 heavy (non-hydrogen) atoms. The molecule has 1 aliphatic heterocycles. The Morgan fingerprint density at radius 3 is 2.80 bits per heavy atom. The second-order valence-electron chi connectivity index (χ2n) is 4.72. The lowest BCUT2D eigenvalue weighted by molar-refractivity contribution is 0.0944. The first-order valence-corrected chi connectivity index (χ1v) is 7.22. The first-order chi connectivity index (χ1) is 9.63. The van der Waals surface area contributed by atoms with Crippen LogP contribution in [0.25, 0.3) is 0 Å². The van der Waals surface area contributed by atoms with E-state index in [9.17, 15) is 4.79 Å². The molecular formula is C15H15NO3S. The molecule has 1 aromatic carbocycles. The maximum atomic E-state index is 12.1. The number of rotatable bonds is 3. The quantitative estimate of drug-likeness (QED) is 0.943. The van der Waals surface area contributed by atoms with Gasteiger partial charge in [0.15, 0.2) is 11.5 Å². The Kier molecular flexibility index (Phi) is 3.36. The Labute approximate surface area is 121 Å². The molecule has 1 amide bonds. The van der Waals surface area contributed by atoms with E-state index in [0.29, 0.717) is 0 Å². The number of carbonyl (C=O) groups is 1. The summed E-state index contributed by atoms with van der Waals surface area (Å²) < 4.78 is 10.6. The normalized spacial score (nSPS) is 14.1. The third-order valence-corrected chi connectivity index (χ3v) is 4.21. The molecule has 0 fully saturated rings. The summed E-state index contributed by atoms with van der Waals surface area (Å²) >= 11 is 1.50. The van der Waals surface area contributed by atoms with E-state index >= 15 is 0 Å². The second-order valence-corrected chi connectivity index (χ2v) is 6.01. The van der Waals surface area contributed by atoms with Crippen molar-refractivity contribution in [2.75, 3.05) is 6.79 Å². The van der Waals surface area contributed by atoms with Gasteiger partial charge in [0.2, 0.25) is 6.79 Å². The highest BCUT2D eigenvalue weighted by Crippen LogP contribution is 2.34. The van der Waals surface area contributed by atoms with Crippen LogP contribution in [0.4, 0.5) is 0 Å². The third kappa shape index (κ3) is 2.49. The minimum atomic E-state index is -0.0839. The average molecular weight is 289 g/mol. The summed E-state index contributed by atoms with van der Waals surface area (Å²) in [6.07, 6.45) is 0. The van der Waals surface area contributed by atoms with Gasteiger partial charge in [0, 0.05) is 4.88 Å². The lowest BCUT2D eigenvalue weighted by atomic mass is 10.1. The van der Waals surface area contributed by atoms with Gasteiger partial charge in [0.25, 0.3) is 5.91 Å². The standard InChI is InChI=1S/C15H15NO3S/c1-9-3-6-14(20-9)15(17)16-10(2)11-4-5-12-13(7-11)19-8-18-12/h3-7,10H,8H2,1-2H3,(H,16,17)/t10-/m1/s1. The number of aryl methyl sites for hydroxylation is 1. The molecular weight excluding hydrogens is 274 g/mol. The van der Waals surface area contributed by atoms with Crippen LogP contribution in [0, 0.1) is 6.92 Å².